The fourth-order valence-electron chi connectivity index (χ4n) is 2.73. The first-order valence-corrected chi connectivity index (χ1v) is 9.74. The van der Waals surface area contributed by atoms with Crippen LogP contribution in [-0.4, -0.2) is 25.9 Å². The van der Waals surface area contributed by atoms with E-state index in [0.717, 1.165) is 24.4 Å². The van der Waals surface area contributed by atoms with E-state index in [1.165, 1.54) is 23.9 Å². The van der Waals surface area contributed by atoms with E-state index in [9.17, 15) is 9.18 Å². The Balaban J connectivity index is 1.50. The van der Waals surface area contributed by atoms with Crippen LogP contribution in [0.25, 0.3) is 5.69 Å². The summed E-state index contributed by atoms with van der Waals surface area (Å²) in [7, 11) is 0. The summed E-state index contributed by atoms with van der Waals surface area (Å²) in [5, 5.41) is 7.32. The predicted molar refractivity (Wildman–Crippen MR) is 104 cm³/mol. The smallest absolute Gasteiger partial charge is 0.237 e. The summed E-state index contributed by atoms with van der Waals surface area (Å²) in [5.74, 6) is 0.625. The summed E-state index contributed by atoms with van der Waals surface area (Å²) >= 11 is 1.27. The Hall–Kier alpha value is -2.67. The van der Waals surface area contributed by atoms with Gasteiger partial charge in [-0.3, -0.25) is 4.79 Å². The van der Waals surface area contributed by atoms with Gasteiger partial charge in [0, 0.05) is 5.92 Å². The lowest BCUT2D eigenvalue weighted by Gasteiger charge is -2.10. The standard InChI is InChI=1S/C20H19FN4OS/c1-13(19(26)22-17-10-6-5-9-16(17)21)27-20-23-18(14-11-12-14)25(24-20)15-7-3-2-4-8-15/h2-10,13-14H,11-12H2,1H3,(H,22,26). The number of amides is 1. The van der Waals surface area contributed by atoms with E-state index in [1.807, 2.05) is 35.0 Å². The molecule has 0 bridgehead atoms. The number of hydrogen-bond donors (Lipinski definition) is 1. The minimum absolute atomic E-state index is 0.177. The zero-order valence-corrected chi connectivity index (χ0v) is 15.6. The molecule has 1 heterocycles. The zero-order chi connectivity index (χ0) is 18.8. The van der Waals surface area contributed by atoms with Crippen molar-refractivity contribution in [2.75, 3.05) is 5.32 Å². The molecule has 1 N–H and O–H groups in total. The fourth-order valence-corrected chi connectivity index (χ4v) is 3.49. The van der Waals surface area contributed by atoms with Gasteiger partial charge in [-0.25, -0.2) is 14.1 Å². The molecule has 5 nitrogen and oxygen atoms in total. The van der Waals surface area contributed by atoms with Gasteiger partial charge < -0.3 is 5.32 Å². The maximum absolute atomic E-state index is 13.7. The molecular formula is C20H19FN4OS. The van der Waals surface area contributed by atoms with Gasteiger partial charge in [-0.1, -0.05) is 42.1 Å². The second kappa shape index (κ2) is 7.52. The van der Waals surface area contributed by atoms with Gasteiger partial charge in [-0.15, -0.1) is 5.10 Å². The van der Waals surface area contributed by atoms with Gasteiger partial charge in [-0.05, 0) is 44.0 Å². The number of para-hydroxylation sites is 2. The highest BCUT2D eigenvalue weighted by Gasteiger charge is 2.31. The summed E-state index contributed by atoms with van der Waals surface area (Å²) in [6.07, 6.45) is 2.22. The molecule has 2 aromatic carbocycles. The first kappa shape index (κ1) is 17.7. The lowest BCUT2D eigenvalue weighted by atomic mass is 10.3. The Labute approximate surface area is 161 Å². The Morgan fingerprint density at radius 3 is 2.59 bits per heavy atom. The Morgan fingerprint density at radius 2 is 1.89 bits per heavy atom. The van der Waals surface area contributed by atoms with Crippen molar-refractivity contribution in [3.05, 3.63) is 66.2 Å². The first-order chi connectivity index (χ1) is 13.1. The molecule has 1 atom stereocenters. The molecule has 0 radical (unpaired) electrons. The maximum atomic E-state index is 13.7. The van der Waals surface area contributed by atoms with Gasteiger partial charge in [0.1, 0.15) is 11.6 Å². The molecule has 1 fully saturated rings. The molecule has 4 rings (SSSR count). The van der Waals surface area contributed by atoms with Crippen LogP contribution in [0.4, 0.5) is 10.1 Å². The first-order valence-electron chi connectivity index (χ1n) is 8.86. The van der Waals surface area contributed by atoms with E-state index in [-0.39, 0.29) is 11.6 Å². The van der Waals surface area contributed by atoms with Crippen LogP contribution in [0, 0.1) is 5.82 Å². The minimum atomic E-state index is -0.455. The summed E-state index contributed by atoms with van der Waals surface area (Å²) in [4.78, 5) is 17.1. The Bertz CT molecular complexity index is 956. The molecule has 3 aromatic rings. The normalized spacial score (nSPS) is 14.7. The lowest BCUT2D eigenvalue weighted by molar-refractivity contribution is -0.115. The van der Waals surface area contributed by atoms with Gasteiger partial charge in [0.15, 0.2) is 0 Å². The van der Waals surface area contributed by atoms with Crippen LogP contribution in [0.15, 0.2) is 59.8 Å². The molecule has 27 heavy (non-hydrogen) atoms. The van der Waals surface area contributed by atoms with Crippen molar-refractivity contribution in [1.29, 1.82) is 0 Å². The van der Waals surface area contributed by atoms with Gasteiger partial charge in [-0.2, -0.15) is 0 Å². The second-order valence-electron chi connectivity index (χ2n) is 6.50. The third-order valence-corrected chi connectivity index (χ3v) is 5.29. The largest absolute Gasteiger partial charge is 0.323 e. The third kappa shape index (κ3) is 4.03. The number of carbonyl (C=O) groups is 1. The number of halogens is 1. The van der Waals surface area contributed by atoms with Crippen molar-refractivity contribution >= 4 is 23.4 Å². The SMILES string of the molecule is CC(Sc1nc(C2CC2)n(-c2ccccc2)n1)C(=O)Nc1ccccc1F. The van der Waals surface area contributed by atoms with Crippen molar-refractivity contribution in [3.8, 4) is 5.69 Å². The monoisotopic (exact) mass is 382 g/mol. The Kier molecular flexibility index (Phi) is 4.94. The number of nitrogens with one attached hydrogen (secondary N) is 1. The van der Waals surface area contributed by atoms with Gasteiger partial charge in [0.2, 0.25) is 11.1 Å². The topological polar surface area (TPSA) is 59.8 Å². The summed E-state index contributed by atoms with van der Waals surface area (Å²) < 4.78 is 15.6. The Morgan fingerprint density at radius 1 is 1.19 bits per heavy atom. The van der Waals surface area contributed by atoms with Crippen molar-refractivity contribution in [2.45, 2.75) is 36.1 Å². The summed E-state index contributed by atoms with van der Waals surface area (Å²) in [5.41, 5.74) is 1.14. The molecule has 0 spiro atoms. The molecule has 1 aliphatic carbocycles. The number of aromatic nitrogens is 3. The van der Waals surface area contributed by atoms with Crippen molar-refractivity contribution < 1.29 is 9.18 Å². The van der Waals surface area contributed by atoms with Crippen molar-refractivity contribution in [2.24, 2.45) is 0 Å². The number of nitrogens with zero attached hydrogens (tertiary/aromatic N) is 3. The highest BCUT2D eigenvalue weighted by atomic mass is 32.2. The van der Waals surface area contributed by atoms with E-state index in [4.69, 9.17) is 0 Å². The van der Waals surface area contributed by atoms with Gasteiger partial charge in [0.05, 0.1) is 16.6 Å². The fraction of sp³-hybridized carbons (Fsp3) is 0.250. The van der Waals surface area contributed by atoms with Crippen molar-refractivity contribution in [3.63, 3.8) is 0 Å². The molecule has 1 amide bonds. The summed E-state index contributed by atoms with van der Waals surface area (Å²) in [6.45, 7) is 1.76. The number of hydrogen-bond acceptors (Lipinski definition) is 4. The number of benzene rings is 2. The molecule has 138 valence electrons. The molecule has 0 aliphatic heterocycles. The van der Waals surface area contributed by atoms with Crippen LogP contribution in [0.1, 0.15) is 31.5 Å². The summed E-state index contributed by atoms with van der Waals surface area (Å²) in [6, 6.07) is 16.0. The van der Waals surface area contributed by atoms with Crippen LogP contribution in [-0.2, 0) is 4.79 Å². The molecule has 7 heteroatoms. The second-order valence-corrected chi connectivity index (χ2v) is 7.81. The van der Waals surface area contributed by atoms with Crippen LogP contribution in [0.3, 0.4) is 0 Å². The molecule has 1 aromatic heterocycles. The van der Waals surface area contributed by atoms with Crippen LogP contribution >= 0.6 is 11.8 Å². The molecule has 1 aliphatic rings. The zero-order valence-electron chi connectivity index (χ0n) is 14.8. The minimum Gasteiger partial charge on any atom is -0.323 e. The maximum Gasteiger partial charge on any atom is 0.237 e. The lowest BCUT2D eigenvalue weighted by Crippen LogP contribution is -2.23. The highest BCUT2D eigenvalue weighted by Crippen LogP contribution is 2.40. The molecule has 1 saturated carbocycles. The van der Waals surface area contributed by atoms with E-state index in [0.29, 0.717) is 11.1 Å². The predicted octanol–water partition coefficient (Wildman–Crippen LogP) is 4.40. The average molecular weight is 382 g/mol. The van der Waals surface area contributed by atoms with E-state index in [1.54, 1.807) is 19.1 Å². The van der Waals surface area contributed by atoms with E-state index >= 15 is 0 Å². The number of carbonyl (C=O) groups excluding carboxylic acids is 1. The quantitative estimate of drug-likeness (QED) is 0.642. The molecule has 1 unspecified atom stereocenters. The van der Waals surface area contributed by atoms with E-state index in [2.05, 4.69) is 15.4 Å². The number of rotatable bonds is 6. The number of anilines is 1. The van der Waals surface area contributed by atoms with Crippen LogP contribution in [0.2, 0.25) is 0 Å². The molecular weight excluding hydrogens is 363 g/mol. The number of thioether (sulfide) groups is 1. The third-order valence-electron chi connectivity index (χ3n) is 4.34. The van der Waals surface area contributed by atoms with Crippen LogP contribution < -0.4 is 5.32 Å². The average Bonchev–Trinajstić information content (AvgIpc) is 3.44. The van der Waals surface area contributed by atoms with Gasteiger partial charge in [0.25, 0.3) is 0 Å². The van der Waals surface area contributed by atoms with Crippen molar-refractivity contribution in [1.82, 2.24) is 14.8 Å². The van der Waals surface area contributed by atoms with E-state index < -0.39 is 11.1 Å². The highest BCUT2D eigenvalue weighted by molar-refractivity contribution is 8.00. The van der Waals surface area contributed by atoms with Gasteiger partial charge >= 0.3 is 0 Å². The van der Waals surface area contributed by atoms with Crippen LogP contribution in [0.5, 0.6) is 0 Å². The molecule has 0 saturated heterocycles.